The highest BCUT2D eigenvalue weighted by Gasteiger charge is 2.62. The smallest absolute Gasteiger partial charge is 0.397 e. The van der Waals surface area contributed by atoms with Crippen LogP contribution >= 0.6 is 0 Å². The van der Waals surface area contributed by atoms with E-state index < -0.39 is 36.5 Å². The molecule has 1 atom stereocenters. The molecule has 0 N–H and O–H groups in total. The molecule has 0 spiro atoms. The second-order valence-corrected chi connectivity index (χ2v) is 3.93. The van der Waals surface area contributed by atoms with E-state index in [9.17, 15) is 26.7 Å². The number of ether oxygens (including phenoxy) is 1. The van der Waals surface area contributed by atoms with Gasteiger partial charge in [-0.05, 0) is 18.8 Å². The van der Waals surface area contributed by atoms with Crippen molar-refractivity contribution in [1.82, 2.24) is 0 Å². The van der Waals surface area contributed by atoms with E-state index >= 15 is 0 Å². The molecule has 1 aliphatic rings. The lowest BCUT2D eigenvalue weighted by Crippen LogP contribution is -2.44. The standard InChI is InChI=1S/C10H11F5O2/c1-2-7(16)17-5-9(11,12)8(6-3-4-6)10(13,14)15/h2,6,8H,1,3-5H2. The Morgan fingerprint density at radius 3 is 2.24 bits per heavy atom. The predicted octanol–water partition coefficient (Wildman–Crippen LogP) is 2.94. The van der Waals surface area contributed by atoms with Gasteiger partial charge in [-0.1, -0.05) is 6.58 Å². The number of esters is 1. The van der Waals surface area contributed by atoms with Crippen molar-refractivity contribution in [2.45, 2.75) is 24.9 Å². The first-order valence-electron chi connectivity index (χ1n) is 4.92. The molecular formula is C10H11F5O2. The van der Waals surface area contributed by atoms with Crippen molar-refractivity contribution in [3.63, 3.8) is 0 Å². The molecule has 2 nitrogen and oxygen atoms in total. The van der Waals surface area contributed by atoms with Crippen molar-refractivity contribution >= 4 is 5.97 Å². The van der Waals surface area contributed by atoms with Crippen LogP contribution < -0.4 is 0 Å². The van der Waals surface area contributed by atoms with Gasteiger partial charge in [0.25, 0.3) is 5.92 Å². The number of carbonyl (C=O) groups excluding carboxylic acids is 1. The lowest BCUT2D eigenvalue weighted by molar-refractivity contribution is -0.257. The first-order chi connectivity index (χ1) is 7.68. The molecule has 0 heterocycles. The normalized spacial score (nSPS) is 18.6. The number of halogens is 5. The third-order valence-electron chi connectivity index (χ3n) is 2.47. The van der Waals surface area contributed by atoms with E-state index in [2.05, 4.69) is 11.3 Å². The first-order valence-corrected chi connectivity index (χ1v) is 4.92. The summed E-state index contributed by atoms with van der Waals surface area (Å²) in [7, 11) is 0. The van der Waals surface area contributed by atoms with Crippen LogP contribution in [-0.2, 0) is 9.53 Å². The molecule has 0 saturated heterocycles. The van der Waals surface area contributed by atoms with Gasteiger partial charge in [-0.15, -0.1) is 0 Å². The molecule has 0 bridgehead atoms. The fourth-order valence-electron chi connectivity index (χ4n) is 1.60. The van der Waals surface area contributed by atoms with Crippen molar-refractivity contribution in [3.05, 3.63) is 12.7 Å². The van der Waals surface area contributed by atoms with Crippen molar-refractivity contribution < 1.29 is 31.5 Å². The van der Waals surface area contributed by atoms with Gasteiger partial charge >= 0.3 is 12.1 Å². The molecular weight excluding hydrogens is 247 g/mol. The fraction of sp³-hybridized carbons (Fsp3) is 0.700. The Bertz CT molecular complexity index is 306. The number of carbonyl (C=O) groups is 1. The maximum atomic E-state index is 13.3. The van der Waals surface area contributed by atoms with Gasteiger partial charge in [0.1, 0.15) is 5.92 Å². The van der Waals surface area contributed by atoms with Crippen molar-refractivity contribution in [2.24, 2.45) is 11.8 Å². The molecule has 1 rings (SSSR count). The third-order valence-corrected chi connectivity index (χ3v) is 2.47. The largest absolute Gasteiger partial charge is 0.456 e. The van der Waals surface area contributed by atoms with Gasteiger partial charge in [-0.3, -0.25) is 0 Å². The number of rotatable bonds is 5. The van der Waals surface area contributed by atoms with E-state index in [0.29, 0.717) is 6.08 Å². The summed E-state index contributed by atoms with van der Waals surface area (Å²) in [6.07, 6.45) is -4.13. The minimum atomic E-state index is -4.99. The monoisotopic (exact) mass is 258 g/mol. The Hall–Kier alpha value is -1.14. The molecule has 1 aliphatic carbocycles. The van der Waals surface area contributed by atoms with E-state index in [1.807, 2.05) is 0 Å². The molecule has 0 aromatic rings. The molecule has 1 fully saturated rings. The van der Waals surface area contributed by atoms with Crippen LogP contribution in [0.15, 0.2) is 12.7 Å². The van der Waals surface area contributed by atoms with Crippen LogP contribution in [0.3, 0.4) is 0 Å². The summed E-state index contributed by atoms with van der Waals surface area (Å²) in [5.41, 5.74) is 0. The van der Waals surface area contributed by atoms with Gasteiger partial charge in [0.2, 0.25) is 0 Å². The van der Waals surface area contributed by atoms with Gasteiger partial charge in [-0.2, -0.15) is 13.2 Å². The zero-order chi connectivity index (χ0) is 13.3. The van der Waals surface area contributed by atoms with Gasteiger partial charge in [0.15, 0.2) is 6.61 Å². The number of hydrogen-bond donors (Lipinski definition) is 0. The summed E-state index contributed by atoms with van der Waals surface area (Å²) >= 11 is 0. The lowest BCUT2D eigenvalue weighted by atomic mass is 9.95. The fourth-order valence-corrected chi connectivity index (χ4v) is 1.60. The molecule has 0 aliphatic heterocycles. The van der Waals surface area contributed by atoms with E-state index in [-0.39, 0.29) is 12.8 Å². The van der Waals surface area contributed by atoms with Crippen LogP contribution in [0.2, 0.25) is 0 Å². The van der Waals surface area contributed by atoms with Crippen molar-refractivity contribution in [3.8, 4) is 0 Å². The quantitative estimate of drug-likeness (QED) is 0.430. The van der Waals surface area contributed by atoms with E-state index in [1.54, 1.807) is 0 Å². The Balaban J connectivity index is 2.70. The summed E-state index contributed by atoms with van der Waals surface area (Å²) < 4.78 is 68.1. The Labute approximate surface area is 94.4 Å². The number of alkyl halides is 5. The summed E-state index contributed by atoms with van der Waals surface area (Å²) in [5, 5.41) is 0. The summed E-state index contributed by atoms with van der Waals surface area (Å²) in [6, 6.07) is 0. The minimum Gasteiger partial charge on any atom is -0.456 e. The van der Waals surface area contributed by atoms with Crippen LogP contribution in [-0.4, -0.2) is 24.7 Å². The molecule has 0 radical (unpaired) electrons. The second kappa shape index (κ2) is 4.62. The summed E-state index contributed by atoms with van der Waals surface area (Å²) in [6.45, 7) is 1.39. The van der Waals surface area contributed by atoms with Crippen LogP contribution in [0.25, 0.3) is 0 Å². The maximum absolute atomic E-state index is 13.3. The molecule has 0 aromatic heterocycles. The Morgan fingerprint density at radius 1 is 1.35 bits per heavy atom. The zero-order valence-electron chi connectivity index (χ0n) is 8.77. The molecule has 17 heavy (non-hydrogen) atoms. The molecule has 7 heteroatoms. The van der Waals surface area contributed by atoms with Crippen molar-refractivity contribution in [2.75, 3.05) is 6.61 Å². The van der Waals surface area contributed by atoms with Gasteiger partial charge < -0.3 is 4.74 Å². The molecule has 1 saturated carbocycles. The second-order valence-electron chi connectivity index (χ2n) is 3.93. The molecule has 0 amide bonds. The molecule has 0 aromatic carbocycles. The lowest BCUT2D eigenvalue weighted by Gasteiger charge is -2.28. The van der Waals surface area contributed by atoms with Crippen LogP contribution in [0.4, 0.5) is 22.0 Å². The minimum absolute atomic E-state index is 0.120. The average molecular weight is 258 g/mol. The summed E-state index contributed by atoms with van der Waals surface area (Å²) in [5.74, 6) is -9.08. The number of hydrogen-bond acceptors (Lipinski definition) is 2. The predicted molar refractivity (Wildman–Crippen MR) is 48.4 cm³/mol. The van der Waals surface area contributed by atoms with Crippen LogP contribution in [0, 0.1) is 11.8 Å². The SMILES string of the molecule is C=CC(=O)OCC(F)(F)C(C1CC1)C(F)(F)F. The van der Waals surface area contributed by atoms with Crippen molar-refractivity contribution in [1.29, 1.82) is 0 Å². The Kier molecular flexibility index (Phi) is 3.78. The van der Waals surface area contributed by atoms with E-state index in [1.165, 1.54) is 0 Å². The van der Waals surface area contributed by atoms with Crippen LogP contribution in [0.1, 0.15) is 12.8 Å². The highest BCUT2D eigenvalue weighted by molar-refractivity contribution is 5.81. The third kappa shape index (κ3) is 3.67. The highest BCUT2D eigenvalue weighted by Crippen LogP contribution is 2.52. The average Bonchev–Trinajstić information content (AvgIpc) is 2.95. The molecule has 1 unspecified atom stereocenters. The first kappa shape index (κ1) is 13.9. The molecule has 98 valence electrons. The Morgan fingerprint density at radius 2 is 1.88 bits per heavy atom. The van der Waals surface area contributed by atoms with Gasteiger partial charge in [-0.25, -0.2) is 13.6 Å². The summed E-state index contributed by atoms with van der Waals surface area (Å²) in [4.78, 5) is 10.6. The topological polar surface area (TPSA) is 26.3 Å². The van der Waals surface area contributed by atoms with E-state index in [0.717, 1.165) is 0 Å². The highest BCUT2D eigenvalue weighted by atomic mass is 19.4. The zero-order valence-corrected chi connectivity index (χ0v) is 8.77. The van der Waals surface area contributed by atoms with Gasteiger partial charge in [0.05, 0.1) is 0 Å². The maximum Gasteiger partial charge on any atom is 0.397 e. The van der Waals surface area contributed by atoms with Gasteiger partial charge in [0, 0.05) is 6.08 Å². The van der Waals surface area contributed by atoms with E-state index in [4.69, 9.17) is 0 Å². The van der Waals surface area contributed by atoms with Crippen LogP contribution in [0.5, 0.6) is 0 Å².